The van der Waals surface area contributed by atoms with E-state index in [4.69, 9.17) is 5.11 Å². The van der Waals surface area contributed by atoms with Crippen LogP contribution in [0.5, 0.6) is 0 Å². The third kappa shape index (κ3) is 1.89. The molecule has 0 unspecified atom stereocenters. The maximum atomic E-state index is 11.1. The van der Waals surface area contributed by atoms with E-state index in [2.05, 4.69) is 15.0 Å². The van der Waals surface area contributed by atoms with Crippen LogP contribution in [0.25, 0.3) is 10.9 Å². The summed E-state index contributed by atoms with van der Waals surface area (Å²) in [6, 6.07) is 3.10. The maximum absolute atomic E-state index is 11.1. The zero-order valence-electron chi connectivity index (χ0n) is 8.88. The van der Waals surface area contributed by atoms with Crippen LogP contribution in [-0.2, 0) is 4.74 Å². The molecule has 0 fully saturated rings. The lowest BCUT2D eigenvalue weighted by Crippen LogP contribution is -2.12. The number of anilines is 1. The molecule has 0 atom stereocenters. The predicted molar refractivity (Wildman–Crippen MR) is 59.2 cm³/mol. The van der Waals surface area contributed by atoms with E-state index < -0.39 is 12.2 Å². The normalized spacial score (nSPS) is 10.2. The molecule has 2 rings (SSSR count). The van der Waals surface area contributed by atoms with Gasteiger partial charge in [-0.3, -0.25) is 9.88 Å². The van der Waals surface area contributed by atoms with Crippen molar-refractivity contribution in [2.75, 3.05) is 12.4 Å². The second kappa shape index (κ2) is 4.12. The van der Waals surface area contributed by atoms with Gasteiger partial charge in [0.1, 0.15) is 5.82 Å². The van der Waals surface area contributed by atoms with Gasteiger partial charge in [0.2, 0.25) is 0 Å². The quantitative estimate of drug-likeness (QED) is 0.785. The highest BCUT2D eigenvalue weighted by Gasteiger charge is 2.12. The van der Waals surface area contributed by atoms with Crippen LogP contribution in [0.2, 0.25) is 0 Å². The number of hydrogen-bond acceptors (Lipinski definition) is 4. The number of nitrogens with zero attached hydrogens (tertiary/aromatic N) is 2. The topological polar surface area (TPSA) is 93.5 Å². The summed E-state index contributed by atoms with van der Waals surface area (Å²) < 4.78 is 5.49. The van der Waals surface area contributed by atoms with Gasteiger partial charge < -0.3 is 9.84 Å². The summed E-state index contributed by atoms with van der Waals surface area (Å²) in [5.41, 5.74) is 0.443. The molecule has 17 heavy (non-hydrogen) atoms. The van der Waals surface area contributed by atoms with Gasteiger partial charge in [0.15, 0.2) is 0 Å². The summed E-state index contributed by atoms with van der Waals surface area (Å²) in [6.07, 6.45) is 1.03. The second-order valence-electron chi connectivity index (χ2n) is 3.18. The van der Waals surface area contributed by atoms with Crippen molar-refractivity contribution < 1.29 is 19.4 Å². The number of nitrogens with one attached hydrogen (secondary N) is 1. The molecular formula is C10H9N3O4. The molecule has 7 nitrogen and oxygen atoms in total. The average Bonchev–Trinajstić information content (AvgIpc) is 2.73. The number of carbonyl (C=O) groups is 2. The predicted octanol–water partition coefficient (Wildman–Crippen LogP) is 1.74. The minimum Gasteiger partial charge on any atom is -0.464 e. The molecule has 2 heterocycles. The van der Waals surface area contributed by atoms with E-state index in [1.165, 1.54) is 19.5 Å². The lowest BCUT2D eigenvalue weighted by molar-refractivity contribution is 0.186. The molecule has 0 radical (unpaired) electrons. The van der Waals surface area contributed by atoms with Crippen molar-refractivity contribution in [2.45, 2.75) is 0 Å². The van der Waals surface area contributed by atoms with E-state index in [1.54, 1.807) is 12.1 Å². The van der Waals surface area contributed by atoms with Crippen molar-refractivity contribution >= 4 is 28.9 Å². The Kier molecular flexibility index (Phi) is 2.65. The van der Waals surface area contributed by atoms with Gasteiger partial charge in [0.05, 0.1) is 12.6 Å². The number of rotatable bonds is 1. The number of ether oxygens (including phenoxy) is 1. The Bertz CT molecular complexity index is 590. The van der Waals surface area contributed by atoms with Crippen LogP contribution < -0.4 is 5.32 Å². The van der Waals surface area contributed by atoms with Crippen molar-refractivity contribution in [3.63, 3.8) is 0 Å². The van der Waals surface area contributed by atoms with E-state index >= 15 is 0 Å². The van der Waals surface area contributed by atoms with Gasteiger partial charge in [-0.25, -0.2) is 14.6 Å². The third-order valence-corrected chi connectivity index (χ3v) is 2.23. The average molecular weight is 235 g/mol. The third-order valence-electron chi connectivity index (χ3n) is 2.23. The molecule has 0 saturated heterocycles. The Morgan fingerprint density at radius 2 is 2.24 bits per heavy atom. The van der Waals surface area contributed by atoms with Gasteiger partial charge >= 0.3 is 12.2 Å². The fourth-order valence-electron chi connectivity index (χ4n) is 1.48. The summed E-state index contributed by atoms with van der Waals surface area (Å²) in [5, 5.41) is 11.9. The zero-order chi connectivity index (χ0) is 12.4. The fraction of sp³-hybridized carbons (Fsp3) is 0.100. The molecule has 0 aliphatic carbocycles. The first-order chi connectivity index (χ1) is 8.13. The number of aromatic nitrogens is 2. The second-order valence-corrected chi connectivity index (χ2v) is 3.18. The minimum absolute atomic E-state index is 0.259. The number of carboxylic acid groups (broad SMARTS) is 1. The fourth-order valence-corrected chi connectivity index (χ4v) is 1.48. The highest BCUT2D eigenvalue weighted by Crippen LogP contribution is 2.22. The molecule has 2 aromatic rings. The van der Waals surface area contributed by atoms with Crippen molar-refractivity contribution in [2.24, 2.45) is 0 Å². The Morgan fingerprint density at radius 1 is 1.47 bits per heavy atom. The van der Waals surface area contributed by atoms with E-state index in [-0.39, 0.29) is 5.82 Å². The molecule has 0 aliphatic rings. The van der Waals surface area contributed by atoms with Crippen molar-refractivity contribution in [3.05, 3.63) is 24.5 Å². The molecule has 7 heteroatoms. The van der Waals surface area contributed by atoms with Gasteiger partial charge in [-0.2, -0.15) is 0 Å². The summed E-state index contributed by atoms with van der Waals surface area (Å²) in [5.74, 6) is 0.259. The lowest BCUT2D eigenvalue weighted by atomic mass is 10.3. The zero-order valence-corrected chi connectivity index (χ0v) is 8.88. The highest BCUT2D eigenvalue weighted by molar-refractivity contribution is 5.99. The molecule has 2 N–H and O–H groups in total. The molecule has 1 amide bonds. The van der Waals surface area contributed by atoms with Gasteiger partial charge in [-0.15, -0.1) is 0 Å². The maximum Gasteiger partial charge on any atom is 0.416 e. The molecular weight excluding hydrogens is 226 g/mol. The molecule has 0 aliphatic heterocycles. The summed E-state index contributed by atoms with van der Waals surface area (Å²) >= 11 is 0. The molecule has 0 aromatic carbocycles. The Labute approximate surface area is 95.6 Å². The lowest BCUT2D eigenvalue weighted by Gasteiger charge is -2.04. The standard InChI is InChI=1S/C10H9N3O4/c1-17-9(14)12-8-6-3-5-13(10(15)16)7(6)2-4-11-8/h2-5H,1H3,(H,15,16)(H,11,12,14). The van der Waals surface area contributed by atoms with Crippen LogP contribution in [0.15, 0.2) is 24.5 Å². The first kappa shape index (κ1) is 10.9. The number of pyridine rings is 1. The van der Waals surface area contributed by atoms with E-state index in [0.29, 0.717) is 10.9 Å². The highest BCUT2D eigenvalue weighted by atomic mass is 16.5. The smallest absolute Gasteiger partial charge is 0.416 e. The van der Waals surface area contributed by atoms with Gasteiger partial charge in [0.25, 0.3) is 0 Å². The minimum atomic E-state index is -1.10. The number of amides is 1. The van der Waals surface area contributed by atoms with Gasteiger partial charge in [0, 0.05) is 17.8 Å². The Balaban J connectivity index is 2.52. The number of methoxy groups -OCH3 is 1. The first-order valence-corrected chi connectivity index (χ1v) is 4.68. The van der Waals surface area contributed by atoms with Crippen LogP contribution in [-0.4, -0.2) is 34.0 Å². The van der Waals surface area contributed by atoms with Crippen LogP contribution in [0.1, 0.15) is 0 Å². The van der Waals surface area contributed by atoms with E-state index in [0.717, 1.165) is 4.57 Å². The summed E-state index contributed by atoms with van der Waals surface area (Å²) in [4.78, 5) is 25.9. The van der Waals surface area contributed by atoms with E-state index in [9.17, 15) is 9.59 Å². The SMILES string of the molecule is COC(=O)Nc1nccc2c1ccn2C(=O)O. The van der Waals surface area contributed by atoms with Crippen molar-refractivity contribution in [1.82, 2.24) is 9.55 Å². The molecule has 0 spiro atoms. The van der Waals surface area contributed by atoms with Gasteiger partial charge in [-0.1, -0.05) is 0 Å². The van der Waals surface area contributed by atoms with Crippen LogP contribution >= 0.6 is 0 Å². The van der Waals surface area contributed by atoms with Crippen molar-refractivity contribution in [1.29, 1.82) is 0 Å². The first-order valence-electron chi connectivity index (χ1n) is 4.68. The summed E-state index contributed by atoms with van der Waals surface area (Å²) in [7, 11) is 1.23. The van der Waals surface area contributed by atoms with Gasteiger partial charge in [-0.05, 0) is 12.1 Å². The van der Waals surface area contributed by atoms with Crippen LogP contribution in [0.3, 0.4) is 0 Å². The number of carbonyl (C=O) groups excluding carboxylic acids is 1. The monoisotopic (exact) mass is 235 g/mol. The van der Waals surface area contributed by atoms with Crippen LogP contribution in [0, 0.1) is 0 Å². The molecule has 0 saturated carbocycles. The molecule has 2 aromatic heterocycles. The van der Waals surface area contributed by atoms with Crippen LogP contribution in [0.4, 0.5) is 15.4 Å². The molecule has 0 bridgehead atoms. The Hall–Kier alpha value is -2.57. The largest absolute Gasteiger partial charge is 0.464 e. The number of hydrogen-bond donors (Lipinski definition) is 2. The van der Waals surface area contributed by atoms with Crippen molar-refractivity contribution in [3.8, 4) is 0 Å². The van der Waals surface area contributed by atoms with E-state index in [1.807, 2.05) is 0 Å². The Morgan fingerprint density at radius 3 is 2.88 bits per heavy atom. The number of fused-ring (bicyclic) bond motifs is 1. The summed E-state index contributed by atoms with van der Waals surface area (Å²) in [6.45, 7) is 0. The molecule has 88 valence electrons.